The Morgan fingerprint density at radius 1 is 1.53 bits per heavy atom. The summed E-state index contributed by atoms with van der Waals surface area (Å²) in [5.41, 5.74) is 6.18. The lowest BCUT2D eigenvalue weighted by atomic mass is 10.2. The van der Waals surface area contributed by atoms with Gasteiger partial charge >= 0.3 is 0 Å². The van der Waals surface area contributed by atoms with Crippen molar-refractivity contribution < 1.29 is 18.7 Å². The third-order valence-electron chi connectivity index (χ3n) is 2.02. The molecule has 1 rings (SSSR count). The maximum Gasteiger partial charge on any atom is 0.265 e. The number of anilines is 1. The highest BCUT2D eigenvalue weighted by Crippen LogP contribution is 2.20. The van der Waals surface area contributed by atoms with Crippen molar-refractivity contribution in [2.45, 2.75) is 12.5 Å². The predicted octanol–water partition coefficient (Wildman–Crippen LogP) is 1.39. The molecular weight excluding hydrogens is 298 g/mol. The lowest BCUT2D eigenvalue weighted by molar-refractivity contribution is -0.00270. The molecule has 0 saturated heterocycles. The van der Waals surface area contributed by atoms with E-state index >= 15 is 0 Å². The highest BCUT2D eigenvalue weighted by atomic mass is 79.9. The molecule has 17 heavy (non-hydrogen) atoms. The number of carbonyl (C=O) groups is 1. The van der Waals surface area contributed by atoms with Crippen LogP contribution in [0.1, 0.15) is 10.4 Å². The summed E-state index contributed by atoms with van der Waals surface area (Å²) in [5, 5.41) is 11.0. The van der Waals surface area contributed by atoms with Gasteiger partial charge in [-0.05, 0) is 34.1 Å². The molecule has 0 heterocycles. The van der Waals surface area contributed by atoms with Crippen LogP contribution in [-0.4, -0.2) is 30.1 Å². The van der Waals surface area contributed by atoms with Crippen LogP contribution in [0.15, 0.2) is 22.7 Å². The van der Waals surface area contributed by atoms with Gasteiger partial charge in [-0.15, -0.1) is 0 Å². The van der Waals surface area contributed by atoms with Gasteiger partial charge in [-0.1, -0.05) is 0 Å². The van der Waals surface area contributed by atoms with E-state index in [4.69, 9.17) is 10.8 Å². The van der Waals surface area contributed by atoms with Gasteiger partial charge in [0.15, 0.2) is 0 Å². The summed E-state index contributed by atoms with van der Waals surface area (Å²) >= 11 is 3.16. The lowest BCUT2D eigenvalue weighted by Crippen LogP contribution is -2.35. The standard InChI is InChI=1S/C10H11BrF2N2O2/c11-6-2-1-5(3-7(6)14)10(17)15-4-8(16)9(12)13/h1-3,8-9,16H,4,14H2,(H,15,17). The first kappa shape index (κ1) is 13.9. The van der Waals surface area contributed by atoms with Gasteiger partial charge in [-0.25, -0.2) is 8.78 Å². The number of halogens is 3. The van der Waals surface area contributed by atoms with Crippen molar-refractivity contribution in [2.75, 3.05) is 12.3 Å². The molecule has 1 aromatic carbocycles. The van der Waals surface area contributed by atoms with Crippen LogP contribution in [0.3, 0.4) is 0 Å². The van der Waals surface area contributed by atoms with Crippen LogP contribution >= 0.6 is 15.9 Å². The van der Waals surface area contributed by atoms with E-state index in [0.29, 0.717) is 10.2 Å². The number of benzene rings is 1. The normalized spacial score (nSPS) is 12.5. The van der Waals surface area contributed by atoms with Crippen LogP contribution in [0.5, 0.6) is 0 Å². The molecule has 1 unspecified atom stereocenters. The molecule has 0 bridgehead atoms. The molecule has 0 radical (unpaired) electrons. The molecule has 0 fully saturated rings. The minimum atomic E-state index is -2.88. The van der Waals surface area contributed by atoms with E-state index in [0.717, 1.165) is 0 Å². The van der Waals surface area contributed by atoms with E-state index in [1.807, 2.05) is 0 Å². The van der Waals surface area contributed by atoms with Crippen molar-refractivity contribution >= 4 is 27.5 Å². The number of carbonyl (C=O) groups excluding carboxylic acids is 1. The molecule has 7 heteroatoms. The van der Waals surface area contributed by atoms with Gasteiger partial charge in [0, 0.05) is 22.3 Å². The number of hydrogen-bond donors (Lipinski definition) is 3. The molecule has 0 saturated carbocycles. The zero-order valence-corrected chi connectivity index (χ0v) is 10.2. The Bertz CT molecular complexity index is 415. The minimum absolute atomic E-state index is 0.243. The van der Waals surface area contributed by atoms with Crippen LogP contribution in [-0.2, 0) is 0 Å². The van der Waals surface area contributed by atoms with Crippen molar-refractivity contribution in [3.8, 4) is 0 Å². The number of rotatable bonds is 4. The number of nitrogens with one attached hydrogen (secondary N) is 1. The smallest absolute Gasteiger partial charge is 0.265 e. The molecule has 1 amide bonds. The number of alkyl halides is 2. The third kappa shape index (κ3) is 3.94. The highest BCUT2D eigenvalue weighted by molar-refractivity contribution is 9.10. The Morgan fingerprint density at radius 2 is 2.18 bits per heavy atom. The molecule has 1 aromatic rings. The number of nitrogen functional groups attached to an aromatic ring is 1. The van der Waals surface area contributed by atoms with Crippen molar-refractivity contribution in [3.63, 3.8) is 0 Å². The van der Waals surface area contributed by atoms with Crippen LogP contribution < -0.4 is 11.1 Å². The van der Waals surface area contributed by atoms with E-state index in [2.05, 4.69) is 21.2 Å². The van der Waals surface area contributed by atoms with Gasteiger partial charge in [-0.3, -0.25) is 4.79 Å². The van der Waals surface area contributed by atoms with Gasteiger partial charge < -0.3 is 16.2 Å². The largest absolute Gasteiger partial charge is 0.398 e. The number of aliphatic hydroxyl groups is 1. The number of nitrogens with two attached hydrogens (primary N) is 1. The summed E-state index contributed by atoms with van der Waals surface area (Å²) in [7, 11) is 0. The fourth-order valence-corrected chi connectivity index (χ4v) is 1.32. The minimum Gasteiger partial charge on any atom is -0.398 e. The second-order valence-electron chi connectivity index (χ2n) is 3.35. The van der Waals surface area contributed by atoms with Gasteiger partial charge in [0.1, 0.15) is 6.10 Å². The summed E-state index contributed by atoms with van der Waals surface area (Å²) < 4.78 is 24.6. The monoisotopic (exact) mass is 308 g/mol. The lowest BCUT2D eigenvalue weighted by Gasteiger charge is -2.11. The molecule has 1 atom stereocenters. The van der Waals surface area contributed by atoms with Crippen molar-refractivity contribution in [1.29, 1.82) is 0 Å². The van der Waals surface area contributed by atoms with Crippen molar-refractivity contribution in [1.82, 2.24) is 5.32 Å². The predicted molar refractivity (Wildman–Crippen MR) is 62.9 cm³/mol. The van der Waals surface area contributed by atoms with E-state index in [1.165, 1.54) is 12.1 Å². The molecule has 0 aliphatic rings. The second kappa shape index (κ2) is 5.92. The molecule has 0 aliphatic heterocycles. The van der Waals surface area contributed by atoms with Crippen molar-refractivity contribution in [3.05, 3.63) is 28.2 Å². The SMILES string of the molecule is Nc1cc(C(=O)NCC(O)C(F)F)ccc1Br. The maximum atomic E-state index is 12.0. The number of hydrogen-bond acceptors (Lipinski definition) is 3. The summed E-state index contributed by atoms with van der Waals surface area (Å²) in [5.74, 6) is -0.566. The number of amides is 1. The second-order valence-corrected chi connectivity index (χ2v) is 4.20. The fourth-order valence-electron chi connectivity index (χ4n) is 1.07. The Labute approximate surface area is 105 Å². The van der Waals surface area contributed by atoms with Gasteiger partial charge in [0.05, 0.1) is 0 Å². The molecule has 0 aromatic heterocycles. The first-order valence-electron chi connectivity index (χ1n) is 4.71. The summed E-state index contributed by atoms with van der Waals surface area (Å²) in [6, 6.07) is 4.48. The Hall–Kier alpha value is -1.21. The highest BCUT2D eigenvalue weighted by Gasteiger charge is 2.17. The van der Waals surface area contributed by atoms with Crippen molar-refractivity contribution in [2.24, 2.45) is 0 Å². The molecule has 0 spiro atoms. The zero-order valence-electron chi connectivity index (χ0n) is 8.66. The van der Waals surface area contributed by atoms with Gasteiger partial charge in [0.25, 0.3) is 12.3 Å². The van der Waals surface area contributed by atoms with Gasteiger partial charge in [-0.2, -0.15) is 0 Å². The van der Waals surface area contributed by atoms with E-state index < -0.39 is 25.0 Å². The van der Waals surface area contributed by atoms with E-state index in [1.54, 1.807) is 6.07 Å². The van der Waals surface area contributed by atoms with Gasteiger partial charge in [0.2, 0.25) is 0 Å². The topological polar surface area (TPSA) is 75.4 Å². The zero-order chi connectivity index (χ0) is 13.0. The first-order valence-corrected chi connectivity index (χ1v) is 5.50. The van der Waals surface area contributed by atoms with Crippen LogP contribution in [0, 0.1) is 0 Å². The summed E-state index contributed by atoms with van der Waals surface area (Å²) in [6.45, 7) is -0.507. The summed E-state index contributed by atoms with van der Waals surface area (Å²) in [4.78, 5) is 11.5. The van der Waals surface area contributed by atoms with E-state index in [9.17, 15) is 13.6 Å². The quantitative estimate of drug-likeness (QED) is 0.736. The van der Waals surface area contributed by atoms with Crippen LogP contribution in [0.25, 0.3) is 0 Å². The average molecular weight is 309 g/mol. The first-order chi connectivity index (χ1) is 7.91. The molecular formula is C10H11BrF2N2O2. The molecule has 4 N–H and O–H groups in total. The molecule has 0 aliphatic carbocycles. The Morgan fingerprint density at radius 3 is 2.71 bits per heavy atom. The Balaban J connectivity index is 2.61. The maximum absolute atomic E-state index is 12.0. The van der Waals surface area contributed by atoms with Crippen LogP contribution in [0.2, 0.25) is 0 Å². The molecule has 4 nitrogen and oxygen atoms in total. The summed E-state index contributed by atoms with van der Waals surface area (Å²) in [6.07, 6.45) is -4.75. The van der Waals surface area contributed by atoms with Crippen LogP contribution in [0.4, 0.5) is 14.5 Å². The third-order valence-corrected chi connectivity index (χ3v) is 2.74. The molecule has 94 valence electrons. The Kier molecular flexibility index (Phi) is 4.83. The fraction of sp³-hybridized carbons (Fsp3) is 0.300. The average Bonchev–Trinajstić information content (AvgIpc) is 2.28. The number of aliphatic hydroxyl groups excluding tert-OH is 1. The van der Waals surface area contributed by atoms with E-state index in [-0.39, 0.29) is 5.56 Å².